The van der Waals surface area contributed by atoms with Gasteiger partial charge in [-0.15, -0.1) is 11.3 Å². The lowest BCUT2D eigenvalue weighted by Gasteiger charge is -2.22. The molecule has 7 rings (SSSR count). The highest BCUT2D eigenvalue weighted by molar-refractivity contribution is 7.90. The van der Waals surface area contributed by atoms with Crippen LogP contribution in [0.4, 0.5) is 28.8 Å². The average molecular weight is 703 g/mol. The van der Waals surface area contributed by atoms with Gasteiger partial charge in [0.1, 0.15) is 16.4 Å². The van der Waals surface area contributed by atoms with Gasteiger partial charge in [0, 0.05) is 31.5 Å². The van der Waals surface area contributed by atoms with Crippen LogP contribution in [-0.4, -0.2) is 83.6 Å². The number of carbonyl (C=O) groups excluding carboxylic acids is 2. The first-order chi connectivity index (χ1) is 23.5. The highest BCUT2D eigenvalue weighted by atomic mass is 32.2. The van der Waals surface area contributed by atoms with Crippen LogP contribution in [0, 0.1) is 6.92 Å². The number of fused-ring (bicyclic) bond motifs is 2. The molecule has 0 radical (unpaired) electrons. The van der Waals surface area contributed by atoms with Crippen LogP contribution in [0.25, 0.3) is 11.0 Å². The molecule has 2 aromatic carbocycles. The van der Waals surface area contributed by atoms with Gasteiger partial charge in [-0.25, -0.2) is 12.4 Å². The van der Waals surface area contributed by atoms with E-state index in [4.69, 9.17) is 15.5 Å². The number of anilines is 5. The number of ether oxygens (including phenoxy) is 1. The molecule has 0 bridgehead atoms. The number of thiophene rings is 1. The second-order valence-corrected chi connectivity index (χ2v) is 14.7. The number of aliphatic hydroxyl groups is 1. The first kappa shape index (κ1) is 32.5. The van der Waals surface area contributed by atoms with Gasteiger partial charge in [0.2, 0.25) is 11.9 Å². The molecule has 1 atom stereocenters. The molecule has 0 aliphatic carbocycles. The molecule has 2 amide bonds. The van der Waals surface area contributed by atoms with Crippen LogP contribution in [0.2, 0.25) is 0 Å². The smallest absolute Gasteiger partial charge is 0.269 e. The number of methoxy groups -OCH3 is 1. The number of likely N-dealkylation sites (tertiary alicyclic amines) is 1. The molecule has 0 saturated carbocycles. The summed E-state index contributed by atoms with van der Waals surface area (Å²) >= 11 is 1.16. The van der Waals surface area contributed by atoms with E-state index in [0.29, 0.717) is 60.7 Å². The topological polar surface area (TPSA) is 185 Å². The molecular weight excluding hydrogens is 669 g/mol. The number of hydrogen-bond donors (Lipinski definition) is 4. The van der Waals surface area contributed by atoms with Crippen LogP contribution in [0.5, 0.6) is 5.75 Å². The summed E-state index contributed by atoms with van der Waals surface area (Å²) in [6.07, 6.45) is 2.27. The minimum Gasteiger partial charge on any atom is -0.495 e. The highest BCUT2D eigenvalue weighted by Crippen LogP contribution is 2.39. The fourth-order valence-corrected chi connectivity index (χ4v) is 8.18. The molecule has 3 aromatic heterocycles. The molecule has 5 N–H and O–H groups in total. The van der Waals surface area contributed by atoms with Gasteiger partial charge in [0.15, 0.2) is 5.65 Å². The van der Waals surface area contributed by atoms with Gasteiger partial charge in [-0.3, -0.25) is 14.5 Å². The van der Waals surface area contributed by atoms with Crippen molar-refractivity contribution in [3.05, 3.63) is 76.1 Å². The first-order valence-corrected chi connectivity index (χ1v) is 17.9. The zero-order valence-corrected chi connectivity index (χ0v) is 28.3. The van der Waals surface area contributed by atoms with Crippen LogP contribution in [-0.2, 0) is 21.2 Å². The number of aryl methyl sites for hydroxylation is 1. The van der Waals surface area contributed by atoms with Gasteiger partial charge in [-0.05, 0) is 67.1 Å². The Morgan fingerprint density at radius 2 is 1.88 bits per heavy atom. The highest BCUT2D eigenvalue weighted by Gasteiger charge is 2.30. The molecule has 49 heavy (non-hydrogen) atoms. The largest absolute Gasteiger partial charge is 0.495 e. The molecular formula is C33H34N8O6S2. The third-order valence-corrected chi connectivity index (χ3v) is 11.3. The lowest BCUT2D eigenvalue weighted by molar-refractivity contribution is -0.119. The van der Waals surface area contributed by atoms with E-state index in [2.05, 4.69) is 15.6 Å². The predicted octanol–water partition coefficient (Wildman–Crippen LogP) is 3.59. The number of primary amides is 1. The van der Waals surface area contributed by atoms with Crippen molar-refractivity contribution < 1.29 is 27.9 Å². The van der Waals surface area contributed by atoms with Crippen molar-refractivity contribution in [1.82, 2.24) is 18.8 Å². The molecule has 5 aromatic rings. The van der Waals surface area contributed by atoms with Crippen molar-refractivity contribution in [2.45, 2.75) is 30.8 Å². The summed E-state index contributed by atoms with van der Waals surface area (Å²) in [5.41, 5.74) is 9.11. The average Bonchev–Trinajstić information content (AvgIpc) is 3.88. The van der Waals surface area contributed by atoms with Crippen molar-refractivity contribution in [2.24, 2.45) is 5.73 Å². The van der Waals surface area contributed by atoms with Gasteiger partial charge in [-0.2, -0.15) is 9.97 Å². The molecule has 1 fully saturated rings. The zero-order valence-electron chi connectivity index (χ0n) is 26.7. The van der Waals surface area contributed by atoms with Gasteiger partial charge in [0.25, 0.3) is 15.9 Å². The van der Waals surface area contributed by atoms with E-state index in [1.807, 2.05) is 17.9 Å². The van der Waals surface area contributed by atoms with E-state index in [9.17, 15) is 23.1 Å². The maximum Gasteiger partial charge on any atom is 0.269 e. The lowest BCUT2D eigenvalue weighted by Crippen LogP contribution is -2.39. The summed E-state index contributed by atoms with van der Waals surface area (Å²) in [4.78, 5) is 38.9. The van der Waals surface area contributed by atoms with Crippen LogP contribution in [0.15, 0.2) is 65.0 Å². The number of rotatable bonds is 10. The summed E-state index contributed by atoms with van der Waals surface area (Å²) in [5, 5.41) is 18.4. The van der Waals surface area contributed by atoms with Crippen molar-refractivity contribution in [3.63, 3.8) is 0 Å². The number of aliphatic hydroxyl groups excluding tert-OH is 1. The summed E-state index contributed by atoms with van der Waals surface area (Å²) < 4.78 is 34.5. The second kappa shape index (κ2) is 12.8. The summed E-state index contributed by atoms with van der Waals surface area (Å²) in [7, 11) is -2.54. The summed E-state index contributed by atoms with van der Waals surface area (Å²) in [5.74, 6) is 0.0448. The third kappa shape index (κ3) is 6.19. The minimum atomic E-state index is -4.07. The van der Waals surface area contributed by atoms with Crippen molar-refractivity contribution in [2.75, 3.05) is 48.8 Å². The Morgan fingerprint density at radius 1 is 1.08 bits per heavy atom. The molecule has 0 spiro atoms. The van der Waals surface area contributed by atoms with E-state index in [0.717, 1.165) is 26.4 Å². The quantitative estimate of drug-likeness (QED) is 0.167. The van der Waals surface area contributed by atoms with Crippen molar-refractivity contribution >= 4 is 73.0 Å². The molecule has 5 heterocycles. The minimum absolute atomic E-state index is 0.0325. The monoisotopic (exact) mass is 702 g/mol. The van der Waals surface area contributed by atoms with E-state index in [-0.39, 0.29) is 39.6 Å². The molecule has 254 valence electrons. The molecule has 1 saturated heterocycles. The third-order valence-electron chi connectivity index (χ3n) is 8.68. The van der Waals surface area contributed by atoms with Gasteiger partial charge in [-0.1, -0.05) is 17.7 Å². The van der Waals surface area contributed by atoms with Gasteiger partial charge in [0.05, 0.1) is 41.4 Å². The Labute approximate surface area is 286 Å². The van der Waals surface area contributed by atoms with E-state index in [1.165, 1.54) is 25.4 Å². The SMILES string of the molecule is COc1cc2c(cc1Nc1nc(Nc3ccsc3C(N)=O)c3ccn(S(=O)(=O)c4ccc(C)cc4)c3n1)N(C(=O)CN1CCC(O)C1)CC2. The van der Waals surface area contributed by atoms with Crippen molar-refractivity contribution in [1.29, 1.82) is 0 Å². The number of carbonyl (C=O) groups is 2. The number of amides is 2. The fourth-order valence-electron chi connectivity index (χ4n) is 6.18. The molecule has 14 nitrogen and oxygen atoms in total. The zero-order chi connectivity index (χ0) is 34.4. The maximum atomic E-state index is 13.9. The Morgan fingerprint density at radius 3 is 2.59 bits per heavy atom. The second-order valence-electron chi connectivity index (χ2n) is 12.0. The van der Waals surface area contributed by atoms with E-state index < -0.39 is 22.0 Å². The number of nitrogens with two attached hydrogens (primary N) is 1. The van der Waals surface area contributed by atoms with Crippen LogP contribution >= 0.6 is 11.3 Å². The molecule has 16 heteroatoms. The number of β-amino-alcohol motifs (C(OH)–C–C–N with tert-alkyl or cyclic N) is 1. The summed E-state index contributed by atoms with van der Waals surface area (Å²) in [6.45, 7) is 3.69. The molecule has 2 aliphatic rings. The maximum absolute atomic E-state index is 13.9. The normalized spacial score (nSPS) is 16.2. The Balaban J connectivity index is 1.29. The van der Waals surface area contributed by atoms with Crippen LogP contribution < -0.4 is 26.0 Å². The first-order valence-electron chi connectivity index (χ1n) is 15.6. The van der Waals surface area contributed by atoms with E-state index >= 15 is 0 Å². The fraction of sp³-hybridized carbons (Fsp3) is 0.273. The van der Waals surface area contributed by atoms with Gasteiger partial charge >= 0.3 is 0 Å². The summed E-state index contributed by atoms with van der Waals surface area (Å²) in [6, 6.07) is 13.4. The number of aromatic nitrogens is 3. The Hall–Kier alpha value is -5.03. The van der Waals surface area contributed by atoms with Gasteiger partial charge < -0.3 is 31.1 Å². The van der Waals surface area contributed by atoms with E-state index in [1.54, 1.807) is 40.6 Å². The number of hydrogen-bond acceptors (Lipinski definition) is 12. The number of nitrogens with one attached hydrogen (secondary N) is 2. The lowest BCUT2D eigenvalue weighted by atomic mass is 10.1. The Bertz CT molecular complexity index is 2200. The molecule has 1 unspecified atom stereocenters. The van der Waals surface area contributed by atoms with Crippen LogP contribution in [0.3, 0.4) is 0 Å². The van der Waals surface area contributed by atoms with Crippen LogP contribution in [0.1, 0.15) is 27.2 Å². The standard InChI is InChI=1S/C33H34N8O6S2/c1-19-3-5-22(6-4-19)49(45,46)41-13-9-23-31(35-24-10-14-48-29(24)30(34)44)37-33(38-32(23)41)36-25-16-26-20(15-27(25)47-2)7-12-40(26)28(43)18-39-11-8-21(42)17-39/h3-6,9-10,13-16,21,42H,7-8,11-12,17-18H2,1-2H3,(H2,34,44)(H2,35,36,37,38). The predicted molar refractivity (Wildman–Crippen MR) is 187 cm³/mol. The number of benzene rings is 2. The Kier molecular flexibility index (Phi) is 8.48. The molecule has 2 aliphatic heterocycles. The number of nitrogens with zero attached hydrogens (tertiary/aromatic N) is 5. The van der Waals surface area contributed by atoms with Crippen molar-refractivity contribution in [3.8, 4) is 5.75 Å².